The lowest BCUT2D eigenvalue weighted by atomic mass is 10.3. The van der Waals surface area contributed by atoms with Crippen LogP contribution in [0.4, 0.5) is 4.39 Å². The summed E-state index contributed by atoms with van der Waals surface area (Å²) in [5.41, 5.74) is 0.219. The Hall–Kier alpha value is -2.03. The predicted octanol–water partition coefficient (Wildman–Crippen LogP) is 3.86. The predicted molar refractivity (Wildman–Crippen MR) is 95.6 cm³/mol. The lowest BCUT2D eigenvalue weighted by Crippen LogP contribution is -2.23. The minimum absolute atomic E-state index is 0.211. The van der Waals surface area contributed by atoms with Crippen molar-refractivity contribution in [1.29, 1.82) is 0 Å². The van der Waals surface area contributed by atoms with E-state index in [1.54, 1.807) is 31.2 Å². The van der Waals surface area contributed by atoms with E-state index >= 15 is 0 Å². The number of nitrogens with zero attached hydrogens (tertiary/aromatic N) is 2. The van der Waals surface area contributed by atoms with Gasteiger partial charge in [-0.3, -0.25) is 9.59 Å². The molecule has 130 valence electrons. The second kappa shape index (κ2) is 7.47. The number of benzene rings is 1. The number of para-hydroxylation sites is 1. The third-order valence-corrected chi connectivity index (χ3v) is 5.49. The number of thiophene rings is 1. The zero-order chi connectivity index (χ0) is 18.0. The van der Waals surface area contributed by atoms with Crippen LogP contribution in [-0.2, 0) is 16.1 Å². The SMILES string of the molecule is CCOC(=O)Cn1c(=NC(=O)c2ccc(Cl)s2)sc2cccc(F)c21. The topological polar surface area (TPSA) is 60.7 Å². The van der Waals surface area contributed by atoms with Gasteiger partial charge in [-0.1, -0.05) is 29.0 Å². The molecule has 0 atom stereocenters. The highest BCUT2D eigenvalue weighted by atomic mass is 35.5. The first-order chi connectivity index (χ1) is 12.0. The number of carbonyl (C=O) groups is 2. The molecule has 0 fully saturated rings. The molecular weight excluding hydrogens is 387 g/mol. The van der Waals surface area contributed by atoms with E-state index in [-0.39, 0.29) is 23.5 Å². The van der Waals surface area contributed by atoms with E-state index in [0.717, 1.165) is 22.7 Å². The van der Waals surface area contributed by atoms with E-state index in [2.05, 4.69) is 4.99 Å². The van der Waals surface area contributed by atoms with Crippen LogP contribution in [0.2, 0.25) is 4.34 Å². The van der Waals surface area contributed by atoms with Crippen molar-refractivity contribution in [2.75, 3.05) is 6.61 Å². The maximum atomic E-state index is 14.3. The van der Waals surface area contributed by atoms with Crippen molar-refractivity contribution in [1.82, 2.24) is 4.57 Å². The second-order valence-corrected chi connectivity index (χ2v) is 7.61. The molecule has 0 radical (unpaired) electrons. The first-order valence-corrected chi connectivity index (χ1v) is 9.28. The number of hydrogen-bond donors (Lipinski definition) is 0. The van der Waals surface area contributed by atoms with Crippen molar-refractivity contribution in [3.8, 4) is 0 Å². The molecule has 0 aliphatic rings. The average molecular weight is 399 g/mol. The molecule has 0 N–H and O–H groups in total. The van der Waals surface area contributed by atoms with Crippen LogP contribution >= 0.6 is 34.3 Å². The monoisotopic (exact) mass is 398 g/mol. The van der Waals surface area contributed by atoms with Gasteiger partial charge < -0.3 is 9.30 Å². The van der Waals surface area contributed by atoms with Gasteiger partial charge >= 0.3 is 5.97 Å². The summed E-state index contributed by atoms with van der Waals surface area (Å²) in [6.45, 7) is 1.67. The fourth-order valence-corrected chi connectivity index (χ4v) is 4.20. The van der Waals surface area contributed by atoms with E-state index in [9.17, 15) is 14.0 Å². The van der Waals surface area contributed by atoms with Crippen LogP contribution in [-0.4, -0.2) is 23.1 Å². The molecule has 2 aromatic heterocycles. The summed E-state index contributed by atoms with van der Waals surface area (Å²) in [6.07, 6.45) is 0. The normalized spacial score (nSPS) is 11.9. The Kier molecular flexibility index (Phi) is 5.31. The first kappa shape index (κ1) is 17.8. The zero-order valence-corrected chi connectivity index (χ0v) is 15.4. The van der Waals surface area contributed by atoms with Crippen molar-refractivity contribution in [2.45, 2.75) is 13.5 Å². The van der Waals surface area contributed by atoms with Gasteiger partial charge in [0.15, 0.2) is 4.80 Å². The fraction of sp³-hybridized carbons (Fsp3) is 0.188. The van der Waals surface area contributed by atoms with Gasteiger partial charge in [-0.25, -0.2) is 4.39 Å². The summed E-state index contributed by atoms with van der Waals surface area (Å²) in [5.74, 6) is -1.52. The standard InChI is InChI=1S/C16H12ClFN2O3S2/c1-2-23-13(21)8-20-14-9(18)4-3-5-10(14)25-16(20)19-15(22)11-6-7-12(17)24-11/h3-7H,2,8H2,1H3. The molecule has 0 aliphatic carbocycles. The van der Waals surface area contributed by atoms with Gasteiger partial charge in [0.2, 0.25) is 0 Å². The molecule has 5 nitrogen and oxygen atoms in total. The number of carbonyl (C=O) groups excluding carboxylic acids is 2. The average Bonchev–Trinajstić information content (AvgIpc) is 3.13. The Balaban J connectivity index is 2.13. The van der Waals surface area contributed by atoms with Crippen molar-refractivity contribution in [3.63, 3.8) is 0 Å². The Morgan fingerprint density at radius 2 is 2.08 bits per heavy atom. The number of thiazole rings is 1. The summed E-state index contributed by atoms with van der Waals surface area (Å²) >= 11 is 8.07. The van der Waals surface area contributed by atoms with Crippen LogP contribution in [0.1, 0.15) is 16.6 Å². The lowest BCUT2D eigenvalue weighted by Gasteiger charge is -2.05. The first-order valence-electron chi connectivity index (χ1n) is 7.27. The number of amides is 1. The van der Waals surface area contributed by atoms with Crippen molar-refractivity contribution < 1.29 is 18.7 Å². The number of rotatable bonds is 4. The van der Waals surface area contributed by atoms with E-state index < -0.39 is 17.7 Å². The highest BCUT2D eigenvalue weighted by Crippen LogP contribution is 2.23. The van der Waals surface area contributed by atoms with Gasteiger partial charge in [-0.05, 0) is 31.2 Å². The molecule has 0 spiro atoms. The van der Waals surface area contributed by atoms with Crippen molar-refractivity contribution >= 4 is 56.4 Å². The number of fused-ring (bicyclic) bond motifs is 1. The largest absolute Gasteiger partial charge is 0.465 e. The Morgan fingerprint density at radius 1 is 1.28 bits per heavy atom. The van der Waals surface area contributed by atoms with E-state index in [0.29, 0.717) is 13.9 Å². The van der Waals surface area contributed by atoms with E-state index in [4.69, 9.17) is 16.3 Å². The summed E-state index contributed by atoms with van der Waals surface area (Å²) in [7, 11) is 0. The number of halogens is 2. The third-order valence-electron chi connectivity index (χ3n) is 3.23. The molecule has 0 aliphatic heterocycles. The molecule has 0 saturated heterocycles. The fourth-order valence-electron chi connectivity index (χ4n) is 2.23. The molecule has 0 bridgehead atoms. The van der Waals surface area contributed by atoms with Crippen LogP contribution in [0.3, 0.4) is 0 Å². The van der Waals surface area contributed by atoms with Gasteiger partial charge in [-0.15, -0.1) is 11.3 Å². The van der Waals surface area contributed by atoms with Crippen LogP contribution in [0, 0.1) is 5.82 Å². The highest BCUT2D eigenvalue weighted by Gasteiger charge is 2.16. The van der Waals surface area contributed by atoms with Crippen LogP contribution in [0.15, 0.2) is 35.3 Å². The third kappa shape index (κ3) is 3.81. The number of hydrogen-bond acceptors (Lipinski definition) is 5. The molecule has 1 amide bonds. The maximum absolute atomic E-state index is 14.3. The van der Waals surface area contributed by atoms with Gasteiger partial charge in [0.05, 0.1) is 26.0 Å². The number of ether oxygens (including phenoxy) is 1. The second-order valence-electron chi connectivity index (χ2n) is 4.88. The van der Waals surface area contributed by atoms with Crippen molar-refractivity contribution in [2.24, 2.45) is 4.99 Å². The molecule has 3 aromatic rings. The Labute approximate surface area is 155 Å². The lowest BCUT2D eigenvalue weighted by molar-refractivity contribution is -0.143. The molecular formula is C16H12ClFN2O3S2. The van der Waals surface area contributed by atoms with Gasteiger partial charge in [0.1, 0.15) is 12.4 Å². The molecule has 0 unspecified atom stereocenters. The van der Waals surface area contributed by atoms with E-state index in [1.807, 2.05) is 0 Å². The molecule has 9 heteroatoms. The quantitative estimate of drug-likeness (QED) is 0.627. The maximum Gasteiger partial charge on any atom is 0.326 e. The van der Waals surface area contributed by atoms with Gasteiger partial charge in [0.25, 0.3) is 5.91 Å². The summed E-state index contributed by atoms with van der Waals surface area (Å²) in [4.78, 5) is 28.8. The zero-order valence-electron chi connectivity index (χ0n) is 13.0. The minimum Gasteiger partial charge on any atom is -0.465 e. The Morgan fingerprint density at radius 3 is 2.76 bits per heavy atom. The Bertz CT molecular complexity index is 1020. The van der Waals surface area contributed by atoms with Gasteiger partial charge in [0, 0.05) is 0 Å². The highest BCUT2D eigenvalue weighted by molar-refractivity contribution is 7.18. The summed E-state index contributed by atoms with van der Waals surface area (Å²) in [6, 6.07) is 7.74. The molecule has 1 aromatic carbocycles. The number of esters is 1. The summed E-state index contributed by atoms with van der Waals surface area (Å²) < 4.78 is 21.6. The molecule has 25 heavy (non-hydrogen) atoms. The number of aromatic nitrogens is 1. The van der Waals surface area contributed by atoms with Crippen LogP contribution in [0.25, 0.3) is 10.2 Å². The molecule has 3 rings (SSSR count). The van der Waals surface area contributed by atoms with Crippen LogP contribution in [0.5, 0.6) is 0 Å². The molecule has 0 saturated carbocycles. The van der Waals surface area contributed by atoms with Crippen LogP contribution < -0.4 is 4.80 Å². The van der Waals surface area contributed by atoms with E-state index in [1.165, 1.54) is 10.6 Å². The summed E-state index contributed by atoms with van der Waals surface area (Å²) in [5, 5.41) is 0. The smallest absolute Gasteiger partial charge is 0.326 e. The minimum atomic E-state index is -0.529. The van der Waals surface area contributed by atoms with Crippen molar-refractivity contribution in [3.05, 3.63) is 50.2 Å². The van der Waals surface area contributed by atoms with Gasteiger partial charge in [-0.2, -0.15) is 4.99 Å². The molecule has 2 heterocycles.